The fourth-order valence-corrected chi connectivity index (χ4v) is 3.11. The molecule has 0 aromatic heterocycles. The quantitative estimate of drug-likeness (QED) is 0.924. The molecule has 21 heavy (non-hydrogen) atoms. The third-order valence-corrected chi connectivity index (χ3v) is 4.51. The second kappa shape index (κ2) is 6.67. The molecule has 116 valence electrons. The van der Waals surface area contributed by atoms with E-state index >= 15 is 0 Å². The van der Waals surface area contributed by atoms with Gasteiger partial charge in [-0.2, -0.15) is 0 Å². The van der Waals surface area contributed by atoms with Crippen LogP contribution in [0.4, 0.5) is 5.69 Å². The number of ether oxygens (including phenoxy) is 2. The van der Waals surface area contributed by atoms with Gasteiger partial charge in [0.1, 0.15) is 11.9 Å². The van der Waals surface area contributed by atoms with Crippen LogP contribution in [-0.4, -0.2) is 49.9 Å². The van der Waals surface area contributed by atoms with Gasteiger partial charge >= 0.3 is 0 Å². The average molecular weight is 290 g/mol. The Morgan fingerprint density at radius 2 is 2.14 bits per heavy atom. The van der Waals surface area contributed by atoms with Crippen molar-refractivity contribution in [2.75, 3.05) is 38.2 Å². The van der Waals surface area contributed by atoms with Crippen LogP contribution in [0.15, 0.2) is 18.2 Å². The molecule has 1 saturated heterocycles. The number of benzene rings is 1. The predicted octanol–water partition coefficient (Wildman–Crippen LogP) is 2.53. The molecule has 0 aliphatic carbocycles. The molecule has 3 rings (SSSR count). The van der Waals surface area contributed by atoms with Crippen LogP contribution >= 0.6 is 0 Å². The largest absolute Gasteiger partial charge is 0.486 e. The molecule has 2 unspecified atom stereocenters. The monoisotopic (exact) mass is 290 g/mol. The predicted molar refractivity (Wildman–Crippen MR) is 85.2 cm³/mol. The summed E-state index contributed by atoms with van der Waals surface area (Å²) in [6.45, 7) is 9.20. The molecule has 1 aromatic rings. The van der Waals surface area contributed by atoms with E-state index in [-0.39, 0.29) is 0 Å². The summed E-state index contributed by atoms with van der Waals surface area (Å²) in [5.74, 6) is 0.996. The Kier molecular flexibility index (Phi) is 4.66. The van der Waals surface area contributed by atoms with E-state index in [1.165, 1.54) is 5.56 Å². The van der Waals surface area contributed by atoms with Crippen LogP contribution in [0.2, 0.25) is 0 Å². The Hall–Kier alpha value is -1.26. The summed E-state index contributed by atoms with van der Waals surface area (Å²) in [7, 11) is 0. The molecular formula is C17H26N2O2. The molecule has 2 atom stereocenters. The third-order valence-electron chi connectivity index (χ3n) is 4.51. The zero-order valence-electron chi connectivity index (χ0n) is 13.1. The van der Waals surface area contributed by atoms with Crippen molar-refractivity contribution in [2.45, 2.75) is 38.8 Å². The number of morpholine rings is 1. The molecule has 0 saturated carbocycles. The summed E-state index contributed by atoms with van der Waals surface area (Å²) in [5.41, 5.74) is 2.52. The number of nitrogens with zero attached hydrogens (tertiary/aromatic N) is 1. The Morgan fingerprint density at radius 3 is 2.90 bits per heavy atom. The first-order valence-electron chi connectivity index (χ1n) is 8.11. The second-order valence-corrected chi connectivity index (χ2v) is 6.06. The van der Waals surface area contributed by atoms with Gasteiger partial charge in [0.15, 0.2) is 0 Å². The molecule has 0 bridgehead atoms. The van der Waals surface area contributed by atoms with E-state index in [9.17, 15) is 0 Å². The van der Waals surface area contributed by atoms with Gasteiger partial charge < -0.3 is 14.8 Å². The maximum atomic E-state index is 5.97. The van der Waals surface area contributed by atoms with Crippen molar-refractivity contribution < 1.29 is 9.47 Å². The zero-order chi connectivity index (χ0) is 14.7. The van der Waals surface area contributed by atoms with Crippen LogP contribution in [0.1, 0.15) is 25.8 Å². The molecule has 2 aliphatic heterocycles. The lowest BCUT2D eigenvalue weighted by Gasteiger charge is -2.32. The Morgan fingerprint density at radius 1 is 1.33 bits per heavy atom. The molecule has 2 heterocycles. The van der Waals surface area contributed by atoms with E-state index in [4.69, 9.17) is 9.47 Å². The first kappa shape index (κ1) is 14.7. The molecule has 2 aliphatic rings. The average Bonchev–Trinajstić information content (AvgIpc) is 2.55. The SMILES string of the molecule is CCC1CNc2cc(CC(C)N3CCOCC3)ccc2O1. The Labute approximate surface area is 127 Å². The summed E-state index contributed by atoms with van der Waals surface area (Å²) in [6, 6.07) is 7.12. The summed E-state index contributed by atoms with van der Waals surface area (Å²) in [4.78, 5) is 2.51. The molecule has 4 heteroatoms. The van der Waals surface area contributed by atoms with Gasteiger partial charge in [0.05, 0.1) is 25.4 Å². The van der Waals surface area contributed by atoms with Crippen molar-refractivity contribution in [3.05, 3.63) is 23.8 Å². The van der Waals surface area contributed by atoms with Crippen molar-refractivity contribution in [2.24, 2.45) is 0 Å². The van der Waals surface area contributed by atoms with Crippen LogP contribution in [0.5, 0.6) is 5.75 Å². The van der Waals surface area contributed by atoms with Gasteiger partial charge in [-0.25, -0.2) is 0 Å². The smallest absolute Gasteiger partial charge is 0.142 e. The second-order valence-electron chi connectivity index (χ2n) is 6.06. The molecule has 0 amide bonds. The fourth-order valence-electron chi connectivity index (χ4n) is 3.11. The van der Waals surface area contributed by atoms with Crippen LogP contribution in [0.25, 0.3) is 0 Å². The number of anilines is 1. The topological polar surface area (TPSA) is 33.7 Å². The minimum absolute atomic E-state index is 0.302. The lowest BCUT2D eigenvalue weighted by atomic mass is 10.0. The van der Waals surface area contributed by atoms with E-state index in [1.807, 2.05) is 0 Å². The highest BCUT2D eigenvalue weighted by Gasteiger charge is 2.20. The summed E-state index contributed by atoms with van der Waals surface area (Å²) in [5, 5.41) is 3.50. The third kappa shape index (κ3) is 3.50. The van der Waals surface area contributed by atoms with Crippen LogP contribution in [0.3, 0.4) is 0 Å². The van der Waals surface area contributed by atoms with Crippen molar-refractivity contribution in [3.8, 4) is 5.75 Å². The first-order valence-corrected chi connectivity index (χ1v) is 8.11. The minimum Gasteiger partial charge on any atom is -0.486 e. The Bertz CT molecular complexity index is 472. The van der Waals surface area contributed by atoms with Crippen LogP contribution in [0, 0.1) is 0 Å². The number of hydrogen-bond acceptors (Lipinski definition) is 4. The molecule has 4 nitrogen and oxygen atoms in total. The maximum absolute atomic E-state index is 5.97. The van der Waals surface area contributed by atoms with Gasteiger partial charge in [-0.1, -0.05) is 13.0 Å². The molecule has 0 radical (unpaired) electrons. The highest BCUT2D eigenvalue weighted by Crippen LogP contribution is 2.31. The molecule has 1 fully saturated rings. The van der Waals surface area contributed by atoms with E-state index in [0.29, 0.717) is 12.1 Å². The molecule has 1 aromatic carbocycles. The standard InChI is InChI=1S/C17H26N2O2/c1-3-15-12-18-16-11-14(4-5-17(16)21-15)10-13(2)19-6-8-20-9-7-19/h4-5,11,13,15,18H,3,6-10,12H2,1-2H3. The maximum Gasteiger partial charge on any atom is 0.142 e. The van der Waals surface area contributed by atoms with Crippen molar-refractivity contribution in [1.29, 1.82) is 0 Å². The van der Waals surface area contributed by atoms with Gasteiger partial charge in [0.25, 0.3) is 0 Å². The van der Waals surface area contributed by atoms with Gasteiger partial charge in [0, 0.05) is 19.1 Å². The molecule has 0 spiro atoms. The van der Waals surface area contributed by atoms with Crippen molar-refractivity contribution in [3.63, 3.8) is 0 Å². The van der Waals surface area contributed by atoms with Gasteiger partial charge in [-0.3, -0.25) is 4.90 Å². The van der Waals surface area contributed by atoms with Crippen molar-refractivity contribution in [1.82, 2.24) is 4.90 Å². The number of nitrogens with one attached hydrogen (secondary N) is 1. The van der Waals surface area contributed by atoms with Crippen LogP contribution < -0.4 is 10.1 Å². The molecule has 1 N–H and O–H groups in total. The fraction of sp³-hybridized carbons (Fsp3) is 0.647. The van der Waals surface area contributed by atoms with Gasteiger partial charge in [-0.15, -0.1) is 0 Å². The summed E-state index contributed by atoms with van der Waals surface area (Å²) in [6.07, 6.45) is 2.42. The van der Waals surface area contributed by atoms with Gasteiger partial charge in [0.2, 0.25) is 0 Å². The number of rotatable bonds is 4. The lowest BCUT2D eigenvalue weighted by molar-refractivity contribution is 0.0203. The highest BCUT2D eigenvalue weighted by atomic mass is 16.5. The van der Waals surface area contributed by atoms with E-state index in [0.717, 1.165) is 57.1 Å². The lowest BCUT2D eigenvalue weighted by Crippen LogP contribution is -2.43. The summed E-state index contributed by atoms with van der Waals surface area (Å²) < 4.78 is 11.4. The summed E-state index contributed by atoms with van der Waals surface area (Å²) >= 11 is 0. The first-order chi connectivity index (χ1) is 10.3. The molecular weight excluding hydrogens is 264 g/mol. The van der Waals surface area contributed by atoms with Gasteiger partial charge in [-0.05, 0) is 37.5 Å². The van der Waals surface area contributed by atoms with Crippen molar-refractivity contribution >= 4 is 5.69 Å². The zero-order valence-corrected chi connectivity index (χ0v) is 13.1. The van der Waals surface area contributed by atoms with E-state index < -0.39 is 0 Å². The normalized spacial score (nSPS) is 23.8. The Balaban J connectivity index is 1.64. The van der Waals surface area contributed by atoms with Crippen LogP contribution in [-0.2, 0) is 11.2 Å². The number of fused-ring (bicyclic) bond motifs is 1. The van der Waals surface area contributed by atoms with E-state index in [2.05, 4.69) is 42.3 Å². The highest BCUT2D eigenvalue weighted by molar-refractivity contribution is 5.59. The number of hydrogen-bond donors (Lipinski definition) is 1. The van der Waals surface area contributed by atoms with E-state index in [1.54, 1.807) is 0 Å². The minimum atomic E-state index is 0.302.